The fourth-order valence-corrected chi connectivity index (χ4v) is 5.54. The number of carbonyl (C=O) groups is 3. The summed E-state index contributed by atoms with van der Waals surface area (Å²) in [5, 5.41) is 11.6. The van der Waals surface area contributed by atoms with E-state index in [0.717, 1.165) is 38.5 Å². The third kappa shape index (κ3) is 31.3. The summed E-state index contributed by atoms with van der Waals surface area (Å²) in [5.41, 5.74) is 0. The van der Waals surface area contributed by atoms with E-state index in [2.05, 4.69) is 38.2 Å². The Kier molecular flexibility index (Phi) is 31.1. The van der Waals surface area contributed by atoms with Crippen molar-refractivity contribution in [3.05, 3.63) is 36.5 Å². The summed E-state index contributed by atoms with van der Waals surface area (Å²) in [6.45, 7) is 4.42. The Morgan fingerprint density at radius 3 is 1.61 bits per heavy atom. The SMILES string of the molecule is CC/C=C/C/C=C/C/C=C/CC(=O)OCC(COCCC(C(=O)[O-])[N+](C)(C)C)OC(=O)CCCCCCCCCCCCCCCCCC. The highest BCUT2D eigenvalue weighted by atomic mass is 16.6. The first-order valence-corrected chi connectivity index (χ1v) is 19.5. The molecule has 0 aromatic carbocycles. The number of unbranched alkanes of at least 4 members (excludes halogenated alkanes) is 15. The number of carboxylic acid groups (broad SMARTS) is 1. The molecule has 0 aromatic heterocycles. The number of carboxylic acids is 1. The van der Waals surface area contributed by atoms with Crippen molar-refractivity contribution in [1.29, 1.82) is 0 Å². The van der Waals surface area contributed by atoms with E-state index in [1.807, 2.05) is 6.08 Å². The number of ether oxygens (including phenoxy) is 3. The molecule has 0 aliphatic carbocycles. The summed E-state index contributed by atoms with van der Waals surface area (Å²) in [5.74, 6) is -1.88. The van der Waals surface area contributed by atoms with Gasteiger partial charge in [-0.1, -0.05) is 147 Å². The van der Waals surface area contributed by atoms with Gasteiger partial charge in [0.15, 0.2) is 6.10 Å². The molecule has 0 aliphatic rings. The average molecular weight is 692 g/mol. The van der Waals surface area contributed by atoms with Crippen LogP contribution in [-0.4, -0.2) is 75.5 Å². The van der Waals surface area contributed by atoms with Crippen molar-refractivity contribution in [2.24, 2.45) is 0 Å². The number of carbonyl (C=O) groups excluding carboxylic acids is 3. The third-order valence-electron chi connectivity index (χ3n) is 8.57. The summed E-state index contributed by atoms with van der Waals surface area (Å²) in [7, 11) is 5.37. The Morgan fingerprint density at radius 2 is 1.12 bits per heavy atom. The number of nitrogens with zero attached hydrogens (tertiary/aromatic N) is 1. The Bertz CT molecular complexity index is 906. The van der Waals surface area contributed by atoms with Gasteiger partial charge >= 0.3 is 11.9 Å². The molecule has 284 valence electrons. The molecule has 0 amide bonds. The van der Waals surface area contributed by atoms with Crippen molar-refractivity contribution in [2.75, 3.05) is 41.0 Å². The van der Waals surface area contributed by atoms with E-state index in [0.29, 0.717) is 6.42 Å². The first-order valence-electron chi connectivity index (χ1n) is 19.5. The molecular formula is C41H73NO7. The van der Waals surface area contributed by atoms with Crippen LogP contribution in [0.3, 0.4) is 0 Å². The number of rotatable bonds is 34. The first kappa shape index (κ1) is 46.5. The van der Waals surface area contributed by atoms with Crippen LogP contribution in [0, 0.1) is 0 Å². The molecule has 0 spiro atoms. The number of likely N-dealkylation sites (N-methyl/N-ethyl adjacent to an activating group) is 1. The van der Waals surface area contributed by atoms with Gasteiger partial charge in [0, 0.05) is 12.8 Å². The van der Waals surface area contributed by atoms with Crippen molar-refractivity contribution in [2.45, 2.75) is 167 Å². The fraction of sp³-hybridized carbons (Fsp3) is 0.780. The minimum atomic E-state index is -1.14. The van der Waals surface area contributed by atoms with Crippen LogP contribution in [-0.2, 0) is 28.6 Å². The molecule has 8 nitrogen and oxygen atoms in total. The molecule has 0 heterocycles. The van der Waals surface area contributed by atoms with Gasteiger partial charge in [0.05, 0.1) is 46.7 Å². The van der Waals surface area contributed by atoms with Gasteiger partial charge in [0.25, 0.3) is 0 Å². The molecule has 0 N–H and O–H groups in total. The number of hydrogen-bond acceptors (Lipinski definition) is 7. The first-order chi connectivity index (χ1) is 23.6. The summed E-state index contributed by atoms with van der Waals surface area (Å²) in [6.07, 6.45) is 34.9. The largest absolute Gasteiger partial charge is 0.544 e. The Balaban J connectivity index is 4.41. The lowest BCUT2D eigenvalue weighted by Gasteiger charge is -2.34. The maximum absolute atomic E-state index is 12.6. The molecule has 49 heavy (non-hydrogen) atoms. The van der Waals surface area contributed by atoms with Crippen LogP contribution in [0.4, 0.5) is 0 Å². The number of esters is 2. The van der Waals surface area contributed by atoms with Crippen LogP contribution in [0.5, 0.6) is 0 Å². The van der Waals surface area contributed by atoms with E-state index in [1.165, 1.54) is 83.5 Å². The monoisotopic (exact) mass is 692 g/mol. The maximum Gasteiger partial charge on any atom is 0.309 e. The van der Waals surface area contributed by atoms with Crippen molar-refractivity contribution in [1.82, 2.24) is 0 Å². The number of quaternary nitrogens is 1. The molecule has 0 rings (SSSR count). The van der Waals surface area contributed by atoms with Crippen LogP contribution in [0.25, 0.3) is 0 Å². The minimum absolute atomic E-state index is 0.0159. The second-order valence-electron chi connectivity index (χ2n) is 14.2. The van der Waals surface area contributed by atoms with E-state index in [1.54, 1.807) is 27.2 Å². The van der Waals surface area contributed by atoms with Crippen molar-refractivity contribution < 1.29 is 38.2 Å². The molecule has 0 aliphatic heterocycles. The predicted octanol–water partition coefficient (Wildman–Crippen LogP) is 8.57. The number of allylic oxidation sites excluding steroid dienone is 5. The topological polar surface area (TPSA) is 102 Å². The third-order valence-corrected chi connectivity index (χ3v) is 8.57. The Morgan fingerprint density at radius 1 is 0.633 bits per heavy atom. The standard InChI is InChI=1S/C41H73NO7/c1-6-8-10-12-14-16-17-18-19-20-21-22-24-26-28-30-32-40(44)49-37(35-47-34-33-38(41(45)46)42(3,4)5)36-48-39(43)31-29-27-25-23-15-13-11-9-7-2/h9,11,15,23,27,29,37-38H,6-8,10,12-14,16-22,24-26,28,30-36H2,1-5H3/b11-9+,23-15+,29-27+. The highest BCUT2D eigenvalue weighted by Crippen LogP contribution is 2.15. The van der Waals surface area contributed by atoms with Gasteiger partial charge in [-0.25, -0.2) is 0 Å². The average Bonchev–Trinajstić information content (AvgIpc) is 3.05. The Labute approximate surface area is 300 Å². The van der Waals surface area contributed by atoms with Crippen molar-refractivity contribution >= 4 is 17.9 Å². The molecule has 2 atom stereocenters. The Hall–Kier alpha value is -2.45. The lowest BCUT2D eigenvalue weighted by Crippen LogP contribution is -2.55. The van der Waals surface area contributed by atoms with E-state index in [4.69, 9.17) is 14.2 Å². The zero-order valence-corrected chi connectivity index (χ0v) is 32.1. The molecule has 0 aromatic rings. The lowest BCUT2D eigenvalue weighted by molar-refractivity contribution is -0.889. The maximum atomic E-state index is 12.6. The van der Waals surface area contributed by atoms with Gasteiger partial charge in [-0.05, 0) is 25.7 Å². The molecule has 0 saturated heterocycles. The summed E-state index contributed by atoms with van der Waals surface area (Å²) in [4.78, 5) is 36.5. The highest BCUT2D eigenvalue weighted by Gasteiger charge is 2.25. The fourth-order valence-electron chi connectivity index (χ4n) is 5.54. The van der Waals surface area contributed by atoms with E-state index in [-0.39, 0.29) is 43.1 Å². The molecule has 0 saturated carbocycles. The van der Waals surface area contributed by atoms with Gasteiger partial charge in [-0.3, -0.25) is 9.59 Å². The summed E-state index contributed by atoms with van der Waals surface area (Å²) < 4.78 is 17.0. The minimum Gasteiger partial charge on any atom is -0.544 e. The smallest absolute Gasteiger partial charge is 0.309 e. The van der Waals surface area contributed by atoms with Gasteiger partial charge < -0.3 is 28.6 Å². The molecule has 0 radical (unpaired) electrons. The second kappa shape index (κ2) is 32.7. The highest BCUT2D eigenvalue weighted by molar-refractivity contribution is 5.71. The quantitative estimate of drug-likeness (QED) is 0.0288. The lowest BCUT2D eigenvalue weighted by atomic mass is 10.0. The van der Waals surface area contributed by atoms with Gasteiger partial charge in [-0.15, -0.1) is 0 Å². The van der Waals surface area contributed by atoms with Crippen molar-refractivity contribution in [3.63, 3.8) is 0 Å². The van der Waals surface area contributed by atoms with Crippen LogP contribution in [0.1, 0.15) is 155 Å². The predicted molar refractivity (Wildman–Crippen MR) is 199 cm³/mol. The van der Waals surface area contributed by atoms with Gasteiger partial charge in [0.2, 0.25) is 0 Å². The van der Waals surface area contributed by atoms with Crippen molar-refractivity contribution in [3.8, 4) is 0 Å². The molecule has 0 bridgehead atoms. The van der Waals surface area contributed by atoms with Crippen LogP contribution in [0.15, 0.2) is 36.5 Å². The molecule has 8 heteroatoms. The van der Waals surface area contributed by atoms with Crippen LogP contribution < -0.4 is 5.11 Å². The van der Waals surface area contributed by atoms with Gasteiger partial charge in [-0.2, -0.15) is 0 Å². The van der Waals surface area contributed by atoms with Crippen LogP contribution >= 0.6 is 0 Å². The number of aliphatic carboxylic acids is 1. The number of hydrogen-bond donors (Lipinski definition) is 0. The van der Waals surface area contributed by atoms with E-state index < -0.39 is 24.1 Å². The zero-order chi connectivity index (χ0) is 36.4. The zero-order valence-electron chi connectivity index (χ0n) is 32.1. The van der Waals surface area contributed by atoms with E-state index in [9.17, 15) is 19.5 Å². The van der Waals surface area contributed by atoms with Gasteiger partial charge in [0.1, 0.15) is 12.6 Å². The van der Waals surface area contributed by atoms with E-state index >= 15 is 0 Å². The second-order valence-corrected chi connectivity index (χ2v) is 14.2. The summed E-state index contributed by atoms with van der Waals surface area (Å²) >= 11 is 0. The molecular weight excluding hydrogens is 618 g/mol. The normalized spacial score (nSPS) is 13.4. The molecule has 0 fully saturated rings. The summed E-state index contributed by atoms with van der Waals surface area (Å²) in [6, 6.07) is -0.733. The molecule has 2 unspecified atom stereocenters. The van der Waals surface area contributed by atoms with Crippen LogP contribution in [0.2, 0.25) is 0 Å².